The Morgan fingerprint density at radius 3 is 1.46 bits per heavy atom. The van der Waals surface area contributed by atoms with Gasteiger partial charge in [-0.3, -0.25) is 14.4 Å². The minimum atomic E-state index is -0.751. The second-order valence-corrected chi connectivity index (χ2v) is 12.8. The Labute approximate surface area is 246 Å². The molecule has 2 fully saturated rings. The van der Waals surface area contributed by atoms with Crippen molar-refractivity contribution in [3.05, 3.63) is 60.7 Å². The zero-order valence-electron chi connectivity index (χ0n) is 24.6. The lowest BCUT2D eigenvalue weighted by atomic mass is 9.90. The molecular formula is C32H49N4O4P. The molecular weight excluding hydrogens is 535 g/mol. The summed E-state index contributed by atoms with van der Waals surface area (Å²) in [5, 5.41) is 16.5. The number of carbonyl (C=O) groups excluding carboxylic acids is 2. The van der Waals surface area contributed by atoms with Crippen LogP contribution in [0.25, 0.3) is 0 Å². The van der Waals surface area contributed by atoms with Gasteiger partial charge in [0.2, 0.25) is 11.8 Å². The summed E-state index contributed by atoms with van der Waals surface area (Å²) in [6, 6.07) is 21.2. The molecule has 4 rings (SSSR count). The zero-order valence-corrected chi connectivity index (χ0v) is 25.5. The van der Waals surface area contributed by atoms with E-state index >= 15 is 0 Å². The van der Waals surface area contributed by atoms with Gasteiger partial charge in [-0.05, 0) is 44.2 Å². The Balaban J connectivity index is 0.000000373. The van der Waals surface area contributed by atoms with Gasteiger partial charge in [-0.2, -0.15) is 0 Å². The van der Waals surface area contributed by atoms with E-state index in [1.54, 1.807) is 6.92 Å². The highest BCUT2D eigenvalue weighted by Gasteiger charge is 2.28. The van der Waals surface area contributed by atoms with E-state index in [0.717, 1.165) is 38.5 Å². The van der Waals surface area contributed by atoms with E-state index in [1.165, 1.54) is 23.5 Å². The monoisotopic (exact) mass is 584 g/mol. The van der Waals surface area contributed by atoms with Gasteiger partial charge in [-0.15, -0.1) is 0 Å². The zero-order chi connectivity index (χ0) is 30.0. The molecule has 0 saturated heterocycles. The Hall–Kier alpha value is -2.80. The largest absolute Gasteiger partial charge is 0.481 e. The van der Waals surface area contributed by atoms with E-state index < -0.39 is 13.9 Å². The van der Waals surface area contributed by atoms with Crippen molar-refractivity contribution < 1.29 is 19.5 Å². The van der Waals surface area contributed by atoms with Gasteiger partial charge < -0.3 is 27.2 Å². The molecule has 2 aromatic rings. The van der Waals surface area contributed by atoms with E-state index in [-0.39, 0.29) is 42.4 Å². The summed E-state index contributed by atoms with van der Waals surface area (Å²) in [6.07, 6.45) is 10.0. The third-order valence-electron chi connectivity index (χ3n) is 7.39. The normalized spacial score (nSPS) is 21.8. The molecule has 2 aromatic carbocycles. The van der Waals surface area contributed by atoms with Crippen LogP contribution < -0.4 is 32.7 Å². The lowest BCUT2D eigenvalue weighted by Crippen LogP contribution is -2.53. The molecule has 0 radical (unpaired) electrons. The first-order valence-corrected chi connectivity index (χ1v) is 16.5. The van der Waals surface area contributed by atoms with Crippen LogP contribution >= 0.6 is 7.92 Å². The van der Waals surface area contributed by atoms with Crippen LogP contribution in [-0.4, -0.2) is 53.2 Å². The number of carboxylic acid groups (broad SMARTS) is 1. The molecule has 2 aliphatic rings. The average Bonchev–Trinajstić information content (AvgIpc) is 3.00. The molecule has 4 atom stereocenters. The van der Waals surface area contributed by atoms with Crippen LogP contribution in [0.1, 0.15) is 78.1 Å². The minimum absolute atomic E-state index is 0.0279. The second kappa shape index (κ2) is 19.3. The highest BCUT2D eigenvalue weighted by atomic mass is 31.1. The number of hydrogen-bond donors (Lipinski definition) is 5. The second-order valence-electron chi connectivity index (χ2n) is 10.6. The third kappa shape index (κ3) is 13.2. The maximum absolute atomic E-state index is 13.0. The Kier molecular flexibility index (Phi) is 16.2. The smallest absolute Gasteiger partial charge is 0.303 e. The number of nitrogens with one attached hydrogen (secondary N) is 2. The van der Waals surface area contributed by atoms with Crippen molar-refractivity contribution >= 4 is 36.3 Å². The minimum Gasteiger partial charge on any atom is -0.481 e. The fourth-order valence-corrected chi connectivity index (χ4v) is 7.02. The highest BCUT2D eigenvalue weighted by Crippen LogP contribution is 2.33. The summed E-state index contributed by atoms with van der Waals surface area (Å²) in [6.45, 7) is 3.46. The molecule has 0 aliphatic heterocycles. The summed E-state index contributed by atoms with van der Waals surface area (Å²) in [4.78, 5) is 34.2. The Morgan fingerprint density at radius 1 is 0.707 bits per heavy atom. The van der Waals surface area contributed by atoms with Gasteiger partial charge in [-0.1, -0.05) is 100 Å². The van der Waals surface area contributed by atoms with Gasteiger partial charge in [-0.25, -0.2) is 0 Å². The Morgan fingerprint density at radius 2 is 1.10 bits per heavy atom. The number of aliphatic carboxylic acids is 1. The number of amides is 2. The van der Waals surface area contributed by atoms with Gasteiger partial charge >= 0.3 is 5.97 Å². The van der Waals surface area contributed by atoms with Crippen LogP contribution in [0.4, 0.5) is 0 Å². The van der Waals surface area contributed by atoms with E-state index in [9.17, 15) is 14.4 Å². The molecule has 226 valence electrons. The quantitative estimate of drug-likeness (QED) is 0.299. The number of carboxylic acids is 1. The van der Waals surface area contributed by atoms with E-state index in [2.05, 4.69) is 34.9 Å². The lowest BCUT2D eigenvalue weighted by Gasteiger charge is -2.33. The van der Waals surface area contributed by atoms with Gasteiger partial charge in [0.15, 0.2) is 0 Å². The van der Waals surface area contributed by atoms with Gasteiger partial charge in [0.05, 0.1) is 6.16 Å². The van der Waals surface area contributed by atoms with Gasteiger partial charge in [0, 0.05) is 37.0 Å². The molecule has 0 aromatic heterocycles. The van der Waals surface area contributed by atoms with Crippen LogP contribution in [0.15, 0.2) is 60.7 Å². The van der Waals surface area contributed by atoms with Crippen LogP contribution in [0.3, 0.4) is 0 Å². The predicted octanol–water partition coefficient (Wildman–Crippen LogP) is 3.77. The van der Waals surface area contributed by atoms with Crippen molar-refractivity contribution in [2.45, 2.75) is 102 Å². The van der Waals surface area contributed by atoms with E-state index in [4.69, 9.17) is 16.6 Å². The fraction of sp³-hybridized carbons (Fsp3) is 0.531. The number of benzene rings is 2. The first-order chi connectivity index (χ1) is 19.7. The van der Waals surface area contributed by atoms with E-state index in [0.29, 0.717) is 12.6 Å². The van der Waals surface area contributed by atoms with Crippen molar-refractivity contribution in [1.29, 1.82) is 0 Å². The van der Waals surface area contributed by atoms with Crippen LogP contribution in [-0.2, 0) is 14.4 Å². The summed E-state index contributed by atoms with van der Waals surface area (Å²) in [5.41, 5.74) is 11.3. The molecule has 2 amide bonds. The topological polar surface area (TPSA) is 148 Å². The number of carbonyl (C=O) groups is 3. The molecule has 2 saturated carbocycles. The standard InChI is InChI=1S/C23H29N2O2P.C6H14N2.C3H6O2/c1-2-22(26)24-20-15-9-10-16-21(20)25-23(27)17-28(18-11-5-3-6-12-18)19-13-7-4-8-14-19;7-5-3-1-2-4-6(5)8;1-2-3(4)5/h3-8,11-14,20-21H,2,9-10,15-17H2,1H3,(H,24,26)(H,25,27);5-6H,1-4,7-8H2;2H2,1H3,(H,4,5)/t20-,21-;5-,6-;/m00./s1. The van der Waals surface area contributed by atoms with Crippen molar-refractivity contribution in [3.63, 3.8) is 0 Å². The van der Waals surface area contributed by atoms with Gasteiger partial charge in [0.1, 0.15) is 0 Å². The summed E-state index contributed by atoms with van der Waals surface area (Å²) in [7, 11) is -0.751. The van der Waals surface area contributed by atoms with Crippen molar-refractivity contribution in [2.24, 2.45) is 11.5 Å². The molecule has 0 heterocycles. The molecule has 2 aliphatic carbocycles. The highest BCUT2D eigenvalue weighted by molar-refractivity contribution is 7.73. The molecule has 0 unspecified atom stereocenters. The van der Waals surface area contributed by atoms with Crippen LogP contribution in [0.5, 0.6) is 0 Å². The summed E-state index contributed by atoms with van der Waals surface area (Å²) < 4.78 is 0. The average molecular weight is 585 g/mol. The SMILES string of the molecule is CCC(=O)N[C@H]1CCCC[C@@H]1NC(=O)CP(c1ccccc1)c1ccccc1.CCC(=O)O.N[C@H]1CCCC[C@@H]1N. The Bertz CT molecular complexity index is 991. The van der Waals surface area contributed by atoms with Crippen molar-refractivity contribution in [2.75, 3.05) is 6.16 Å². The predicted molar refractivity (Wildman–Crippen MR) is 169 cm³/mol. The molecule has 41 heavy (non-hydrogen) atoms. The van der Waals surface area contributed by atoms with Gasteiger partial charge in [0.25, 0.3) is 0 Å². The number of nitrogens with two attached hydrogens (primary N) is 2. The maximum Gasteiger partial charge on any atom is 0.303 e. The van der Waals surface area contributed by atoms with Crippen molar-refractivity contribution in [1.82, 2.24) is 10.6 Å². The van der Waals surface area contributed by atoms with Crippen LogP contribution in [0.2, 0.25) is 0 Å². The number of hydrogen-bond acceptors (Lipinski definition) is 5. The fourth-order valence-electron chi connectivity index (χ4n) is 4.92. The van der Waals surface area contributed by atoms with Crippen LogP contribution in [0, 0.1) is 0 Å². The first-order valence-electron chi connectivity index (χ1n) is 14.9. The summed E-state index contributed by atoms with van der Waals surface area (Å²) >= 11 is 0. The van der Waals surface area contributed by atoms with Crippen molar-refractivity contribution in [3.8, 4) is 0 Å². The molecule has 9 heteroatoms. The lowest BCUT2D eigenvalue weighted by molar-refractivity contribution is -0.136. The molecule has 7 N–H and O–H groups in total. The maximum atomic E-state index is 13.0. The number of rotatable bonds is 8. The summed E-state index contributed by atoms with van der Waals surface area (Å²) in [5.74, 6) is -0.617. The third-order valence-corrected chi connectivity index (χ3v) is 9.84. The molecule has 0 bridgehead atoms. The van der Waals surface area contributed by atoms with E-state index in [1.807, 2.05) is 43.3 Å². The molecule has 8 nitrogen and oxygen atoms in total. The molecule has 0 spiro atoms. The first kappa shape index (κ1) is 34.4.